The molecule has 0 atom stereocenters. The molecule has 4 rings (SSSR count). The zero-order valence-corrected chi connectivity index (χ0v) is 16.9. The molecule has 1 aliphatic rings. The van der Waals surface area contributed by atoms with Gasteiger partial charge in [0.15, 0.2) is 0 Å². The van der Waals surface area contributed by atoms with Crippen LogP contribution in [-0.4, -0.2) is 16.1 Å². The van der Waals surface area contributed by atoms with E-state index in [0.29, 0.717) is 22.8 Å². The van der Waals surface area contributed by atoms with E-state index in [1.54, 1.807) is 12.3 Å². The van der Waals surface area contributed by atoms with E-state index < -0.39 is 11.8 Å². The Morgan fingerprint density at radius 1 is 1.03 bits per heavy atom. The normalized spacial score (nSPS) is 14.1. The lowest BCUT2D eigenvalue weighted by Gasteiger charge is -2.09. The topological polar surface area (TPSA) is 59.4 Å². The van der Waals surface area contributed by atoms with E-state index >= 15 is 0 Å². The number of benzene rings is 2. The van der Waals surface area contributed by atoms with Crippen molar-refractivity contribution in [3.05, 3.63) is 94.2 Å². The van der Waals surface area contributed by atoms with Crippen molar-refractivity contribution in [1.82, 2.24) is 4.98 Å². The number of pyridine rings is 1. The summed E-state index contributed by atoms with van der Waals surface area (Å²) in [5.74, 6) is -0.837. The molecule has 2 aromatic carbocycles. The minimum Gasteiger partial charge on any atom is -0.481 e. The highest BCUT2D eigenvalue weighted by Gasteiger charge is 2.25. The van der Waals surface area contributed by atoms with E-state index in [4.69, 9.17) is 4.74 Å². The van der Waals surface area contributed by atoms with Crippen LogP contribution in [0.1, 0.15) is 35.6 Å². The van der Waals surface area contributed by atoms with E-state index in [-0.39, 0.29) is 12.2 Å². The van der Waals surface area contributed by atoms with Gasteiger partial charge in [-0.15, -0.1) is 0 Å². The van der Waals surface area contributed by atoms with Crippen LogP contribution in [0.4, 0.5) is 8.78 Å². The average Bonchev–Trinajstić information content (AvgIpc) is 2.96. The van der Waals surface area contributed by atoms with E-state index in [2.05, 4.69) is 4.98 Å². The molecule has 0 unspecified atom stereocenters. The first-order valence-electron chi connectivity index (χ1n) is 9.66. The van der Waals surface area contributed by atoms with Gasteiger partial charge in [0.05, 0.1) is 6.42 Å². The number of rotatable bonds is 5. The Kier molecular flexibility index (Phi) is 5.38. The largest absolute Gasteiger partial charge is 0.481 e. The number of hydrogen-bond acceptors (Lipinski definition) is 3. The molecule has 1 N–H and O–H groups in total. The third-order valence-corrected chi connectivity index (χ3v) is 5.17. The summed E-state index contributed by atoms with van der Waals surface area (Å²) in [6, 6.07) is 12.0. The van der Waals surface area contributed by atoms with Gasteiger partial charge in [0, 0.05) is 11.8 Å². The molecule has 31 heavy (non-hydrogen) atoms. The van der Waals surface area contributed by atoms with Gasteiger partial charge in [-0.25, -0.2) is 13.8 Å². The van der Waals surface area contributed by atoms with Gasteiger partial charge in [-0.1, -0.05) is 6.07 Å². The van der Waals surface area contributed by atoms with Crippen LogP contribution < -0.4 is 4.74 Å². The first kappa shape index (κ1) is 20.5. The minimum atomic E-state index is -0.967. The lowest BCUT2D eigenvalue weighted by molar-refractivity contribution is -0.135. The van der Waals surface area contributed by atoms with Gasteiger partial charge < -0.3 is 9.84 Å². The molecule has 1 aromatic heterocycles. The number of halogens is 2. The molecule has 4 nitrogen and oxygen atoms in total. The number of carbonyl (C=O) groups is 1. The summed E-state index contributed by atoms with van der Waals surface area (Å²) >= 11 is 0. The van der Waals surface area contributed by atoms with Crippen molar-refractivity contribution >= 4 is 23.2 Å². The molecule has 0 spiro atoms. The Morgan fingerprint density at radius 3 is 2.42 bits per heavy atom. The van der Waals surface area contributed by atoms with E-state index in [0.717, 1.165) is 27.8 Å². The van der Waals surface area contributed by atoms with Crippen molar-refractivity contribution in [2.24, 2.45) is 0 Å². The van der Waals surface area contributed by atoms with Crippen LogP contribution in [0.5, 0.6) is 11.6 Å². The fourth-order valence-electron chi connectivity index (χ4n) is 3.68. The maximum absolute atomic E-state index is 13.8. The third kappa shape index (κ3) is 4.23. The molecule has 0 amide bonds. The average molecular weight is 419 g/mol. The summed E-state index contributed by atoms with van der Waals surface area (Å²) in [6.07, 6.45) is 3.37. The van der Waals surface area contributed by atoms with Crippen LogP contribution in [0.3, 0.4) is 0 Å². The summed E-state index contributed by atoms with van der Waals surface area (Å²) in [6.45, 7) is 3.69. The van der Waals surface area contributed by atoms with Gasteiger partial charge in [-0.2, -0.15) is 0 Å². The van der Waals surface area contributed by atoms with Crippen LogP contribution in [0.25, 0.3) is 17.2 Å². The Bertz CT molecular complexity index is 1240. The standard InChI is InChI=1S/C25H19F2NO3/c1-14-9-16(13-28-25(14)31-19-6-3-17(26)4-7-19)10-21-15(2)22(12-24(29)30)23-11-18(27)5-8-20(21)23/h3-11,13H,12H2,1-2H3,(H,29,30)/b21-10-. The molecule has 1 heterocycles. The number of aryl methyl sites for hydroxylation is 1. The van der Waals surface area contributed by atoms with Crippen molar-refractivity contribution in [1.29, 1.82) is 0 Å². The Labute approximate surface area is 178 Å². The van der Waals surface area contributed by atoms with Crippen LogP contribution >= 0.6 is 0 Å². The summed E-state index contributed by atoms with van der Waals surface area (Å²) in [5, 5.41) is 9.27. The van der Waals surface area contributed by atoms with Gasteiger partial charge in [-0.05, 0) is 95.8 Å². The molecule has 0 aliphatic heterocycles. The van der Waals surface area contributed by atoms with Gasteiger partial charge in [0.2, 0.25) is 5.88 Å². The molecule has 0 radical (unpaired) electrons. The number of fused-ring (bicyclic) bond motifs is 1. The van der Waals surface area contributed by atoms with Crippen LogP contribution in [0, 0.1) is 18.6 Å². The van der Waals surface area contributed by atoms with Crippen molar-refractivity contribution in [3.63, 3.8) is 0 Å². The highest BCUT2D eigenvalue weighted by Crippen LogP contribution is 2.43. The van der Waals surface area contributed by atoms with Gasteiger partial charge in [0.25, 0.3) is 0 Å². The Balaban J connectivity index is 1.69. The molecule has 156 valence electrons. The minimum absolute atomic E-state index is 0.179. The van der Waals surface area contributed by atoms with Crippen LogP contribution in [0.15, 0.2) is 60.3 Å². The van der Waals surface area contributed by atoms with E-state index in [1.165, 1.54) is 36.4 Å². The number of aliphatic carboxylic acids is 1. The molecule has 3 aromatic rings. The number of allylic oxidation sites excluding steroid dienone is 2. The fourth-order valence-corrected chi connectivity index (χ4v) is 3.68. The highest BCUT2D eigenvalue weighted by atomic mass is 19.1. The van der Waals surface area contributed by atoms with Crippen molar-refractivity contribution in [2.75, 3.05) is 0 Å². The second-order valence-corrected chi connectivity index (χ2v) is 7.37. The molecular formula is C25H19F2NO3. The number of carboxylic acid groups (broad SMARTS) is 1. The van der Waals surface area contributed by atoms with Crippen LogP contribution in [-0.2, 0) is 4.79 Å². The predicted octanol–water partition coefficient (Wildman–Crippen LogP) is 6.26. The Morgan fingerprint density at radius 2 is 1.74 bits per heavy atom. The molecule has 0 saturated carbocycles. The first-order valence-corrected chi connectivity index (χ1v) is 9.66. The van der Waals surface area contributed by atoms with Gasteiger partial charge in [0.1, 0.15) is 17.4 Å². The number of ether oxygens (including phenoxy) is 1. The lowest BCUT2D eigenvalue weighted by Crippen LogP contribution is -1.97. The van der Waals surface area contributed by atoms with Crippen molar-refractivity contribution < 1.29 is 23.4 Å². The zero-order chi connectivity index (χ0) is 22.1. The molecule has 0 bridgehead atoms. The molecule has 6 heteroatoms. The number of nitrogens with zero attached hydrogens (tertiary/aromatic N) is 1. The van der Waals surface area contributed by atoms with Gasteiger partial charge in [-0.3, -0.25) is 4.79 Å². The van der Waals surface area contributed by atoms with E-state index in [9.17, 15) is 18.7 Å². The predicted molar refractivity (Wildman–Crippen MR) is 115 cm³/mol. The third-order valence-electron chi connectivity index (χ3n) is 5.17. The second kappa shape index (κ2) is 8.14. The maximum atomic E-state index is 13.8. The summed E-state index contributed by atoms with van der Waals surface area (Å²) in [7, 11) is 0. The van der Waals surface area contributed by atoms with Gasteiger partial charge >= 0.3 is 5.97 Å². The SMILES string of the molecule is CC1=C(CC(=O)O)c2cc(F)ccc2/C1=C\c1cnc(Oc2ccc(F)cc2)c(C)c1. The molecule has 1 aliphatic carbocycles. The van der Waals surface area contributed by atoms with Crippen LogP contribution in [0.2, 0.25) is 0 Å². The summed E-state index contributed by atoms with van der Waals surface area (Å²) in [5.41, 5.74) is 5.21. The van der Waals surface area contributed by atoms with Crippen molar-refractivity contribution in [3.8, 4) is 11.6 Å². The zero-order valence-electron chi connectivity index (χ0n) is 16.9. The fraction of sp³-hybridized carbons (Fsp3) is 0.120. The number of carboxylic acids is 1. The quantitative estimate of drug-likeness (QED) is 0.530. The summed E-state index contributed by atoms with van der Waals surface area (Å²) < 4.78 is 32.6. The Hall–Kier alpha value is -3.80. The molecule has 0 saturated heterocycles. The molecular weight excluding hydrogens is 400 g/mol. The molecule has 0 fully saturated rings. The maximum Gasteiger partial charge on any atom is 0.307 e. The highest BCUT2D eigenvalue weighted by molar-refractivity contribution is 6.07. The first-order chi connectivity index (χ1) is 14.8. The summed E-state index contributed by atoms with van der Waals surface area (Å²) in [4.78, 5) is 15.7. The smallest absolute Gasteiger partial charge is 0.307 e. The second-order valence-electron chi connectivity index (χ2n) is 7.37. The van der Waals surface area contributed by atoms with Crippen molar-refractivity contribution in [2.45, 2.75) is 20.3 Å². The number of aromatic nitrogens is 1. The number of hydrogen-bond donors (Lipinski definition) is 1. The van der Waals surface area contributed by atoms with E-state index in [1.807, 2.05) is 26.0 Å². The monoisotopic (exact) mass is 419 g/mol. The lowest BCUT2D eigenvalue weighted by atomic mass is 10.0.